The van der Waals surface area contributed by atoms with Crippen LogP contribution in [-0.4, -0.2) is 10.5 Å². The van der Waals surface area contributed by atoms with Crippen LogP contribution in [0.4, 0.5) is 5.69 Å². The van der Waals surface area contributed by atoms with Crippen molar-refractivity contribution in [2.45, 2.75) is 6.92 Å². The number of nitrogens with one attached hydrogen (secondary N) is 1. The summed E-state index contributed by atoms with van der Waals surface area (Å²) >= 11 is 0. The molecule has 0 aliphatic carbocycles. The topological polar surface area (TPSA) is 34.0 Å². The quantitative estimate of drug-likeness (QED) is 0.751. The number of amides is 1. The molecule has 3 nitrogen and oxygen atoms in total. The molecule has 1 aromatic heterocycles. The molecule has 100 valence electrons. The Morgan fingerprint density at radius 2 is 1.90 bits per heavy atom. The van der Waals surface area contributed by atoms with Gasteiger partial charge in [0.2, 0.25) is 0 Å². The van der Waals surface area contributed by atoms with Crippen molar-refractivity contribution < 1.29 is 4.79 Å². The van der Waals surface area contributed by atoms with E-state index in [2.05, 4.69) is 5.32 Å². The molecule has 0 atom stereocenters. The minimum absolute atomic E-state index is 0.0787. The van der Waals surface area contributed by atoms with Crippen molar-refractivity contribution >= 4 is 22.5 Å². The van der Waals surface area contributed by atoms with Crippen molar-refractivity contribution in [3.8, 4) is 0 Å². The predicted octanol–water partition coefficient (Wildman–Crippen LogP) is 3.74. The second-order valence-corrected chi connectivity index (χ2v) is 4.97. The number of para-hydroxylation sites is 1. The van der Waals surface area contributed by atoms with Gasteiger partial charge in [0.05, 0.1) is 0 Å². The average Bonchev–Trinajstić information content (AvgIpc) is 2.82. The summed E-state index contributed by atoms with van der Waals surface area (Å²) in [5, 5.41) is 4.03. The summed E-state index contributed by atoms with van der Waals surface area (Å²) in [5.41, 5.74) is 3.71. The van der Waals surface area contributed by atoms with E-state index in [9.17, 15) is 4.79 Å². The van der Waals surface area contributed by atoms with Gasteiger partial charge < -0.3 is 9.88 Å². The van der Waals surface area contributed by atoms with Gasteiger partial charge >= 0.3 is 0 Å². The van der Waals surface area contributed by atoms with E-state index in [4.69, 9.17) is 0 Å². The van der Waals surface area contributed by atoms with E-state index in [0.717, 1.165) is 22.2 Å². The van der Waals surface area contributed by atoms with E-state index in [1.54, 1.807) is 0 Å². The lowest BCUT2D eigenvalue weighted by atomic mass is 10.1. The normalized spacial score (nSPS) is 10.7. The Hall–Kier alpha value is -2.55. The summed E-state index contributed by atoms with van der Waals surface area (Å²) in [7, 11) is 2.00. The van der Waals surface area contributed by atoms with Crippen LogP contribution in [0, 0.1) is 6.92 Å². The largest absolute Gasteiger partial charge is 0.351 e. The second-order valence-electron chi connectivity index (χ2n) is 4.97. The number of rotatable bonds is 2. The lowest BCUT2D eigenvalue weighted by Crippen LogP contribution is -2.12. The van der Waals surface area contributed by atoms with Crippen LogP contribution in [0.2, 0.25) is 0 Å². The molecule has 0 saturated carbocycles. The Labute approximate surface area is 117 Å². The molecule has 20 heavy (non-hydrogen) atoms. The molecule has 0 aliphatic heterocycles. The van der Waals surface area contributed by atoms with Gasteiger partial charge in [-0.15, -0.1) is 0 Å². The van der Waals surface area contributed by atoms with E-state index in [1.807, 2.05) is 73.3 Å². The number of aryl methyl sites for hydroxylation is 2. The molecule has 3 aromatic rings. The fourth-order valence-corrected chi connectivity index (χ4v) is 2.33. The Balaban J connectivity index is 1.91. The predicted molar refractivity (Wildman–Crippen MR) is 82.1 cm³/mol. The van der Waals surface area contributed by atoms with Crippen molar-refractivity contribution in [3.05, 3.63) is 65.9 Å². The van der Waals surface area contributed by atoms with Gasteiger partial charge in [0, 0.05) is 35.4 Å². The molecule has 0 radical (unpaired) electrons. The summed E-state index contributed by atoms with van der Waals surface area (Å²) < 4.78 is 2.04. The number of anilines is 1. The van der Waals surface area contributed by atoms with Gasteiger partial charge in [-0.25, -0.2) is 0 Å². The lowest BCUT2D eigenvalue weighted by Gasteiger charge is -2.08. The maximum atomic E-state index is 12.3. The number of hydrogen-bond donors (Lipinski definition) is 1. The van der Waals surface area contributed by atoms with Gasteiger partial charge in [-0.05, 0) is 42.8 Å². The Morgan fingerprint density at radius 3 is 2.70 bits per heavy atom. The SMILES string of the molecule is Cc1ccccc1NC(=O)c1ccc2c(ccn2C)c1. The molecule has 0 saturated heterocycles. The van der Waals surface area contributed by atoms with E-state index in [-0.39, 0.29) is 5.91 Å². The zero-order valence-corrected chi connectivity index (χ0v) is 11.6. The van der Waals surface area contributed by atoms with Crippen LogP contribution in [0.25, 0.3) is 10.9 Å². The average molecular weight is 264 g/mol. The van der Waals surface area contributed by atoms with Crippen molar-refractivity contribution in [2.75, 3.05) is 5.32 Å². The van der Waals surface area contributed by atoms with Gasteiger partial charge in [-0.2, -0.15) is 0 Å². The number of hydrogen-bond acceptors (Lipinski definition) is 1. The molecule has 1 heterocycles. The van der Waals surface area contributed by atoms with Crippen LogP contribution >= 0.6 is 0 Å². The number of aromatic nitrogens is 1. The molecule has 0 fully saturated rings. The standard InChI is InChI=1S/C17H16N2O/c1-12-5-3-4-6-15(12)18-17(20)14-7-8-16-13(11-14)9-10-19(16)2/h3-11H,1-2H3,(H,18,20). The van der Waals surface area contributed by atoms with Crippen molar-refractivity contribution in [1.82, 2.24) is 4.57 Å². The highest BCUT2D eigenvalue weighted by molar-refractivity contribution is 6.06. The summed E-state index contributed by atoms with van der Waals surface area (Å²) in [6.07, 6.45) is 1.99. The van der Waals surface area contributed by atoms with E-state index >= 15 is 0 Å². The third-order valence-electron chi connectivity index (χ3n) is 3.54. The zero-order chi connectivity index (χ0) is 14.1. The van der Waals surface area contributed by atoms with Gasteiger partial charge in [0.25, 0.3) is 5.91 Å². The fourth-order valence-electron chi connectivity index (χ4n) is 2.33. The van der Waals surface area contributed by atoms with Gasteiger partial charge in [0.1, 0.15) is 0 Å². The molecule has 0 aliphatic rings. The smallest absolute Gasteiger partial charge is 0.255 e. The molecular formula is C17H16N2O. The molecule has 0 unspecified atom stereocenters. The van der Waals surface area contributed by atoms with Crippen LogP contribution in [0.3, 0.4) is 0 Å². The number of carbonyl (C=O) groups is 1. The first-order valence-corrected chi connectivity index (χ1v) is 6.57. The zero-order valence-electron chi connectivity index (χ0n) is 11.6. The highest BCUT2D eigenvalue weighted by Crippen LogP contribution is 2.19. The summed E-state index contributed by atoms with van der Waals surface area (Å²) in [5.74, 6) is -0.0787. The van der Waals surface area contributed by atoms with E-state index in [0.29, 0.717) is 5.56 Å². The first-order chi connectivity index (χ1) is 9.65. The third kappa shape index (κ3) is 2.18. The van der Waals surface area contributed by atoms with Crippen LogP contribution in [0.1, 0.15) is 15.9 Å². The van der Waals surface area contributed by atoms with Gasteiger partial charge in [-0.3, -0.25) is 4.79 Å². The maximum Gasteiger partial charge on any atom is 0.255 e. The Bertz CT molecular complexity index is 787. The lowest BCUT2D eigenvalue weighted by molar-refractivity contribution is 0.102. The number of nitrogens with zero attached hydrogens (tertiary/aromatic N) is 1. The van der Waals surface area contributed by atoms with E-state index < -0.39 is 0 Å². The number of fused-ring (bicyclic) bond motifs is 1. The van der Waals surface area contributed by atoms with Crippen LogP contribution in [0.5, 0.6) is 0 Å². The van der Waals surface area contributed by atoms with Crippen molar-refractivity contribution in [1.29, 1.82) is 0 Å². The summed E-state index contributed by atoms with van der Waals surface area (Å²) in [4.78, 5) is 12.3. The van der Waals surface area contributed by atoms with Gasteiger partial charge in [0.15, 0.2) is 0 Å². The molecule has 3 heteroatoms. The molecular weight excluding hydrogens is 248 g/mol. The third-order valence-corrected chi connectivity index (χ3v) is 3.54. The molecule has 2 aromatic carbocycles. The fraction of sp³-hybridized carbons (Fsp3) is 0.118. The maximum absolute atomic E-state index is 12.3. The number of carbonyl (C=O) groups excluding carboxylic acids is 1. The first-order valence-electron chi connectivity index (χ1n) is 6.57. The molecule has 1 amide bonds. The van der Waals surface area contributed by atoms with Crippen LogP contribution in [0.15, 0.2) is 54.7 Å². The molecule has 1 N–H and O–H groups in total. The Kier molecular flexibility index (Phi) is 3.03. The summed E-state index contributed by atoms with van der Waals surface area (Å²) in [6.45, 7) is 1.98. The summed E-state index contributed by atoms with van der Waals surface area (Å²) in [6, 6.07) is 15.5. The number of benzene rings is 2. The first kappa shape index (κ1) is 12.5. The minimum Gasteiger partial charge on any atom is -0.351 e. The molecule has 3 rings (SSSR count). The van der Waals surface area contributed by atoms with Crippen molar-refractivity contribution in [2.24, 2.45) is 7.05 Å². The second kappa shape index (κ2) is 4.85. The minimum atomic E-state index is -0.0787. The molecule has 0 spiro atoms. The monoisotopic (exact) mass is 264 g/mol. The van der Waals surface area contributed by atoms with Crippen LogP contribution in [-0.2, 0) is 7.05 Å². The van der Waals surface area contributed by atoms with Crippen LogP contribution < -0.4 is 5.32 Å². The highest BCUT2D eigenvalue weighted by atomic mass is 16.1. The van der Waals surface area contributed by atoms with E-state index in [1.165, 1.54) is 0 Å². The highest BCUT2D eigenvalue weighted by Gasteiger charge is 2.09. The molecule has 0 bridgehead atoms. The van der Waals surface area contributed by atoms with Gasteiger partial charge in [-0.1, -0.05) is 18.2 Å². The Morgan fingerprint density at radius 1 is 1.10 bits per heavy atom. The van der Waals surface area contributed by atoms with Crippen molar-refractivity contribution in [3.63, 3.8) is 0 Å².